The molecule has 2 nitrogen and oxygen atoms in total. The molecule has 0 fully saturated rings. The molecule has 388 valence electrons. The fourth-order valence-electron chi connectivity index (χ4n) is 14.3. The molecule has 10 aromatic rings. The number of anilines is 6. The Morgan fingerprint density at radius 3 is 0.782 bits per heavy atom. The van der Waals surface area contributed by atoms with Crippen LogP contribution in [0.4, 0.5) is 34.1 Å². The lowest BCUT2D eigenvalue weighted by Crippen LogP contribution is -2.17. The van der Waals surface area contributed by atoms with E-state index >= 15 is 0 Å². The SMILES string of the molecule is Cc1cc(C)cc(N(c2cc(C)cc(C)c2)c2ccc3c(c2)C(C)(C)c2cc4c(-c5c(C)cccc5C)c5c(cc4c(-c4c(C)cccc4C)c2-3)C(C)(C)c2cc(N(c3cc(C)cc(C)c3)c3cc(C)cc(C)c3)ccc2-5)c1. The molecule has 0 radical (unpaired) electrons. The number of nitrogens with zero attached hydrogens (tertiary/aromatic N) is 2. The minimum atomic E-state index is -0.341. The number of hydrogen-bond donors (Lipinski definition) is 0. The van der Waals surface area contributed by atoms with Gasteiger partial charge in [-0.15, -0.1) is 0 Å². The van der Waals surface area contributed by atoms with Gasteiger partial charge >= 0.3 is 0 Å². The first-order valence-electron chi connectivity index (χ1n) is 28.1. The largest absolute Gasteiger partial charge is 0.310 e. The highest BCUT2D eigenvalue weighted by Gasteiger charge is 2.43. The van der Waals surface area contributed by atoms with Gasteiger partial charge in [0.15, 0.2) is 0 Å². The fourth-order valence-corrected chi connectivity index (χ4v) is 14.3. The molecule has 0 amide bonds. The maximum absolute atomic E-state index is 2.63. The van der Waals surface area contributed by atoms with E-state index in [9.17, 15) is 0 Å². The fraction of sp³-hybridized carbons (Fsp3) is 0.237. The number of rotatable bonds is 8. The van der Waals surface area contributed by atoms with E-state index in [0.29, 0.717) is 0 Å². The van der Waals surface area contributed by atoms with Gasteiger partial charge in [-0.1, -0.05) is 100 Å². The van der Waals surface area contributed by atoms with Crippen molar-refractivity contribution in [1.29, 1.82) is 0 Å². The van der Waals surface area contributed by atoms with Gasteiger partial charge in [-0.05, 0) is 312 Å². The number of hydrogen-bond acceptors (Lipinski definition) is 2. The Bertz CT molecular complexity index is 3680. The van der Waals surface area contributed by atoms with E-state index in [1.165, 1.54) is 178 Å². The standard InChI is InChI=1S/C76H74N2/c1-43-27-44(2)32-57(31-43)77(58-33-45(3)28-46(4)34-58)55-23-25-61-65(39-55)75(13,14)67-41-63-64(73(71(61)67)69-51(9)19-17-20-52(69)10)42-68-72(74(63)70-53(11)21-18-22-54(70)12)62-26-24-56(40-66(62)76(68,15)16)78(59-35-47(5)29-48(6)36-59)60-37-49(7)30-50(8)38-60/h17-42H,1-16H3. The predicted octanol–water partition coefficient (Wildman–Crippen LogP) is 21.4. The minimum absolute atomic E-state index is 0.341. The van der Waals surface area contributed by atoms with E-state index in [0.717, 1.165) is 0 Å². The van der Waals surface area contributed by atoms with Crippen LogP contribution >= 0.6 is 0 Å². The lowest BCUT2D eigenvalue weighted by atomic mass is 9.75. The third kappa shape index (κ3) is 8.13. The molecule has 2 heteroatoms. The van der Waals surface area contributed by atoms with Crippen LogP contribution in [-0.4, -0.2) is 0 Å². The Balaban J connectivity index is 1.16. The van der Waals surface area contributed by atoms with Crippen LogP contribution < -0.4 is 9.80 Å². The van der Waals surface area contributed by atoms with Crippen molar-refractivity contribution in [3.8, 4) is 44.5 Å². The summed E-state index contributed by atoms with van der Waals surface area (Å²) in [4.78, 5) is 4.97. The molecule has 78 heavy (non-hydrogen) atoms. The minimum Gasteiger partial charge on any atom is -0.310 e. The maximum Gasteiger partial charge on any atom is 0.0466 e. The van der Waals surface area contributed by atoms with Crippen LogP contribution in [0.3, 0.4) is 0 Å². The zero-order chi connectivity index (χ0) is 55.0. The van der Waals surface area contributed by atoms with Crippen molar-refractivity contribution in [2.24, 2.45) is 0 Å². The molecular formula is C76H74N2. The molecule has 0 aliphatic heterocycles. The lowest BCUT2D eigenvalue weighted by molar-refractivity contribution is 0.660. The highest BCUT2D eigenvalue weighted by Crippen LogP contribution is 2.61. The molecule has 0 saturated heterocycles. The molecule has 2 aliphatic rings. The second-order valence-corrected chi connectivity index (χ2v) is 24.7. The van der Waals surface area contributed by atoms with Gasteiger partial charge in [-0.2, -0.15) is 0 Å². The van der Waals surface area contributed by atoms with Crippen LogP contribution in [0.15, 0.2) is 158 Å². The summed E-state index contributed by atoms with van der Waals surface area (Å²) in [5.74, 6) is 0. The molecule has 2 aliphatic carbocycles. The lowest BCUT2D eigenvalue weighted by Gasteiger charge is -2.29. The second kappa shape index (κ2) is 18.3. The zero-order valence-electron chi connectivity index (χ0n) is 48.9. The normalized spacial score (nSPS) is 13.6. The van der Waals surface area contributed by atoms with Crippen molar-refractivity contribution in [3.05, 3.63) is 247 Å². The van der Waals surface area contributed by atoms with Crippen LogP contribution in [0.1, 0.15) is 117 Å². The molecule has 0 N–H and O–H groups in total. The summed E-state index contributed by atoms with van der Waals surface area (Å²) < 4.78 is 0. The molecule has 10 aromatic carbocycles. The Morgan fingerprint density at radius 2 is 0.513 bits per heavy atom. The van der Waals surface area contributed by atoms with Gasteiger partial charge in [0, 0.05) is 45.0 Å². The zero-order valence-corrected chi connectivity index (χ0v) is 48.9. The van der Waals surface area contributed by atoms with Crippen molar-refractivity contribution in [2.75, 3.05) is 9.80 Å². The monoisotopic (exact) mass is 1010 g/mol. The van der Waals surface area contributed by atoms with E-state index in [4.69, 9.17) is 0 Å². The van der Waals surface area contributed by atoms with Crippen molar-refractivity contribution >= 4 is 44.9 Å². The molecule has 0 heterocycles. The van der Waals surface area contributed by atoms with Gasteiger partial charge in [0.25, 0.3) is 0 Å². The second-order valence-electron chi connectivity index (χ2n) is 24.7. The molecule has 0 unspecified atom stereocenters. The summed E-state index contributed by atoms with van der Waals surface area (Å²) in [6.45, 7) is 36.9. The molecule has 0 saturated carbocycles. The topological polar surface area (TPSA) is 6.48 Å². The van der Waals surface area contributed by atoms with Gasteiger partial charge in [0.1, 0.15) is 0 Å². The smallest absolute Gasteiger partial charge is 0.0466 e. The van der Waals surface area contributed by atoms with E-state index in [1.807, 2.05) is 0 Å². The van der Waals surface area contributed by atoms with Gasteiger partial charge < -0.3 is 9.80 Å². The summed E-state index contributed by atoms with van der Waals surface area (Å²) in [5, 5.41) is 2.63. The first-order valence-corrected chi connectivity index (χ1v) is 28.1. The van der Waals surface area contributed by atoms with Gasteiger partial charge in [-0.3, -0.25) is 0 Å². The van der Waals surface area contributed by atoms with Crippen LogP contribution in [0, 0.1) is 83.1 Å². The van der Waals surface area contributed by atoms with E-state index < -0.39 is 0 Å². The van der Waals surface area contributed by atoms with E-state index in [-0.39, 0.29) is 10.8 Å². The first-order chi connectivity index (χ1) is 37.1. The van der Waals surface area contributed by atoms with Gasteiger partial charge in [-0.25, -0.2) is 0 Å². The Labute approximate surface area is 465 Å². The number of fused-ring (bicyclic) bond motifs is 7. The van der Waals surface area contributed by atoms with Crippen molar-refractivity contribution in [3.63, 3.8) is 0 Å². The number of aryl methyl sites for hydroxylation is 12. The summed E-state index contributed by atoms with van der Waals surface area (Å²) in [5.41, 5.74) is 37.8. The highest BCUT2D eigenvalue weighted by molar-refractivity contribution is 6.18. The summed E-state index contributed by atoms with van der Waals surface area (Å²) in [7, 11) is 0. The van der Waals surface area contributed by atoms with Crippen molar-refractivity contribution in [2.45, 2.75) is 122 Å². The van der Waals surface area contributed by atoms with Crippen LogP contribution in [0.2, 0.25) is 0 Å². The average molecular weight is 1020 g/mol. The highest BCUT2D eigenvalue weighted by atomic mass is 15.1. The summed E-state index contributed by atoms with van der Waals surface area (Å²) in [6.07, 6.45) is 0. The Kier molecular flexibility index (Phi) is 12.0. The van der Waals surface area contributed by atoms with Gasteiger partial charge in [0.05, 0.1) is 0 Å². The quantitative estimate of drug-likeness (QED) is 0.150. The molecular weight excluding hydrogens is 941 g/mol. The Hall–Kier alpha value is -7.94. The maximum atomic E-state index is 2.63. The van der Waals surface area contributed by atoms with Crippen LogP contribution in [0.5, 0.6) is 0 Å². The molecule has 0 aromatic heterocycles. The third-order valence-corrected chi connectivity index (χ3v) is 17.5. The third-order valence-electron chi connectivity index (χ3n) is 17.5. The van der Waals surface area contributed by atoms with E-state index in [2.05, 4.69) is 278 Å². The molecule has 0 spiro atoms. The Morgan fingerprint density at radius 1 is 0.244 bits per heavy atom. The van der Waals surface area contributed by atoms with E-state index in [1.54, 1.807) is 0 Å². The molecule has 0 atom stereocenters. The van der Waals surface area contributed by atoms with Crippen LogP contribution in [-0.2, 0) is 10.8 Å². The molecule has 0 bridgehead atoms. The first kappa shape index (κ1) is 50.9. The van der Waals surface area contributed by atoms with Crippen LogP contribution in [0.25, 0.3) is 55.3 Å². The summed E-state index contributed by atoms with van der Waals surface area (Å²) in [6, 6.07) is 61.6. The van der Waals surface area contributed by atoms with Crippen molar-refractivity contribution < 1.29 is 0 Å². The molecule has 12 rings (SSSR count). The predicted molar refractivity (Wildman–Crippen MR) is 336 cm³/mol. The van der Waals surface area contributed by atoms with Gasteiger partial charge in [0.2, 0.25) is 0 Å². The van der Waals surface area contributed by atoms with Crippen molar-refractivity contribution in [1.82, 2.24) is 0 Å². The average Bonchev–Trinajstić information content (AvgIpc) is 3.86. The number of benzene rings is 10. The summed E-state index contributed by atoms with van der Waals surface area (Å²) >= 11 is 0.